The van der Waals surface area contributed by atoms with Crippen molar-refractivity contribution in [2.45, 2.75) is 46.1 Å². The van der Waals surface area contributed by atoms with Gasteiger partial charge in [-0.1, -0.05) is 32.0 Å². The highest BCUT2D eigenvalue weighted by atomic mass is 16.2. The first kappa shape index (κ1) is 21.1. The number of hydrogen-bond acceptors (Lipinski definition) is 3. The maximum atomic E-state index is 12.9. The van der Waals surface area contributed by atoms with Gasteiger partial charge in [-0.25, -0.2) is 4.98 Å². The number of benzene rings is 2. The number of nitrogens with zero attached hydrogens (tertiary/aromatic N) is 3. The molecule has 0 aliphatic carbocycles. The van der Waals surface area contributed by atoms with E-state index in [1.807, 2.05) is 60.4 Å². The highest BCUT2D eigenvalue weighted by molar-refractivity contribution is 5.97. The first-order valence-corrected chi connectivity index (χ1v) is 11.1. The van der Waals surface area contributed by atoms with E-state index in [4.69, 9.17) is 0 Å². The molecule has 31 heavy (non-hydrogen) atoms. The van der Waals surface area contributed by atoms with Crippen molar-refractivity contribution in [1.82, 2.24) is 19.8 Å². The third kappa shape index (κ3) is 4.63. The van der Waals surface area contributed by atoms with Gasteiger partial charge in [-0.05, 0) is 56.0 Å². The minimum absolute atomic E-state index is 0.0826. The Morgan fingerprint density at radius 2 is 1.81 bits per heavy atom. The third-order valence-electron chi connectivity index (χ3n) is 5.86. The number of nitrogens with one attached hydrogen (secondary N) is 1. The van der Waals surface area contributed by atoms with Crippen molar-refractivity contribution >= 4 is 22.8 Å². The molecule has 0 unspecified atom stereocenters. The number of imidazole rings is 1. The molecule has 2 amide bonds. The topological polar surface area (TPSA) is 67.2 Å². The Hall–Kier alpha value is -3.15. The van der Waals surface area contributed by atoms with Gasteiger partial charge in [-0.3, -0.25) is 14.2 Å². The van der Waals surface area contributed by atoms with Crippen LogP contribution in [0.3, 0.4) is 0 Å². The zero-order valence-electron chi connectivity index (χ0n) is 18.5. The van der Waals surface area contributed by atoms with Crippen LogP contribution in [0.1, 0.15) is 49.3 Å². The van der Waals surface area contributed by atoms with Gasteiger partial charge in [0.2, 0.25) is 5.91 Å². The number of carbonyl (C=O) groups excluding carboxylic acids is 2. The maximum absolute atomic E-state index is 12.9. The summed E-state index contributed by atoms with van der Waals surface area (Å²) in [5.41, 5.74) is 3.46. The quantitative estimate of drug-likeness (QED) is 0.678. The van der Waals surface area contributed by atoms with Crippen LogP contribution in [0.4, 0.5) is 0 Å². The van der Waals surface area contributed by atoms with Gasteiger partial charge >= 0.3 is 0 Å². The molecule has 0 atom stereocenters. The van der Waals surface area contributed by atoms with E-state index in [1.54, 1.807) is 0 Å². The minimum atomic E-state index is -0.0826. The maximum Gasteiger partial charge on any atom is 0.251 e. The van der Waals surface area contributed by atoms with Crippen molar-refractivity contribution in [3.8, 4) is 5.69 Å². The van der Waals surface area contributed by atoms with Crippen LogP contribution in [0.25, 0.3) is 16.7 Å². The van der Waals surface area contributed by atoms with Crippen molar-refractivity contribution in [3.63, 3.8) is 0 Å². The summed E-state index contributed by atoms with van der Waals surface area (Å²) >= 11 is 0. The van der Waals surface area contributed by atoms with Gasteiger partial charge in [-0.2, -0.15) is 0 Å². The van der Waals surface area contributed by atoms with Crippen LogP contribution in [-0.4, -0.2) is 45.4 Å². The zero-order valence-corrected chi connectivity index (χ0v) is 18.5. The minimum Gasteiger partial charge on any atom is -0.349 e. The third-order valence-corrected chi connectivity index (χ3v) is 5.86. The van der Waals surface area contributed by atoms with Crippen molar-refractivity contribution in [2.75, 3.05) is 13.1 Å². The van der Waals surface area contributed by atoms with E-state index in [2.05, 4.69) is 28.7 Å². The van der Waals surface area contributed by atoms with Crippen LogP contribution in [0.5, 0.6) is 0 Å². The SMILES string of the molecule is Cc1nc2cc(C(=O)NC3CCN(C(=O)CC(C)C)CC3)ccc2n1-c1ccccc1. The van der Waals surface area contributed by atoms with E-state index in [0.717, 1.165) is 35.4 Å². The molecular weight excluding hydrogens is 388 g/mol. The summed E-state index contributed by atoms with van der Waals surface area (Å²) in [5, 5.41) is 3.14. The summed E-state index contributed by atoms with van der Waals surface area (Å²) in [4.78, 5) is 31.7. The molecule has 6 nitrogen and oxygen atoms in total. The number of likely N-dealkylation sites (tertiary alicyclic amines) is 1. The molecule has 1 aliphatic heterocycles. The summed E-state index contributed by atoms with van der Waals surface area (Å²) in [6.45, 7) is 7.51. The Morgan fingerprint density at radius 3 is 2.48 bits per heavy atom. The fraction of sp³-hybridized carbons (Fsp3) is 0.400. The van der Waals surface area contributed by atoms with Crippen LogP contribution in [0.15, 0.2) is 48.5 Å². The fourth-order valence-electron chi connectivity index (χ4n) is 4.27. The van der Waals surface area contributed by atoms with Gasteiger partial charge in [-0.15, -0.1) is 0 Å². The summed E-state index contributed by atoms with van der Waals surface area (Å²) in [5.74, 6) is 1.39. The molecule has 6 heteroatoms. The van der Waals surface area contributed by atoms with E-state index in [1.165, 1.54) is 0 Å². The molecule has 162 valence electrons. The van der Waals surface area contributed by atoms with Gasteiger partial charge in [0.1, 0.15) is 5.82 Å². The molecule has 1 fully saturated rings. The van der Waals surface area contributed by atoms with E-state index in [0.29, 0.717) is 31.0 Å². The van der Waals surface area contributed by atoms with E-state index < -0.39 is 0 Å². The second kappa shape index (κ2) is 8.92. The molecule has 0 spiro atoms. The van der Waals surface area contributed by atoms with Crippen molar-refractivity contribution in [3.05, 3.63) is 59.9 Å². The Bertz CT molecular complexity index is 1080. The summed E-state index contributed by atoms with van der Waals surface area (Å²) < 4.78 is 2.10. The monoisotopic (exact) mass is 418 g/mol. The number of fused-ring (bicyclic) bond motifs is 1. The van der Waals surface area contributed by atoms with Crippen LogP contribution in [-0.2, 0) is 4.79 Å². The lowest BCUT2D eigenvalue weighted by Gasteiger charge is -2.32. The number of amides is 2. The predicted octanol–water partition coefficient (Wildman–Crippen LogP) is 4.10. The lowest BCUT2D eigenvalue weighted by Crippen LogP contribution is -2.46. The van der Waals surface area contributed by atoms with E-state index in [9.17, 15) is 9.59 Å². The Labute approximate surface area is 183 Å². The number of carbonyl (C=O) groups is 2. The molecule has 3 aromatic rings. The van der Waals surface area contributed by atoms with Crippen molar-refractivity contribution in [1.29, 1.82) is 0 Å². The van der Waals surface area contributed by atoms with Gasteiger partial charge in [0.05, 0.1) is 11.0 Å². The fourth-order valence-corrected chi connectivity index (χ4v) is 4.27. The van der Waals surface area contributed by atoms with Gasteiger partial charge in [0.25, 0.3) is 5.91 Å². The number of piperidine rings is 1. The first-order valence-electron chi connectivity index (χ1n) is 11.1. The molecule has 2 heterocycles. The number of aryl methyl sites for hydroxylation is 1. The first-order chi connectivity index (χ1) is 14.9. The highest BCUT2D eigenvalue weighted by Gasteiger charge is 2.24. The molecule has 1 N–H and O–H groups in total. The van der Waals surface area contributed by atoms with Crippen LogP contribution >= 0.6 is 0 Å². The lowest BCUT2D eigenvalue weighted by molar-refractivity contribution is -0.133. The van der Waals surface area contributed by atoms with Crippen LogP contribution in [0.2, 0.25) is 0 Å². The second-order valence-corrected chi connectivity index (χ2v) is 8.76. The lowest BCUT2D eigenvalue weighted by atomic mass is 10.0. The van der Waals surface area contributed by atoms with Gasteiger partial charge in [0, 0.05) is 36.8 Å². The molecule has 0 radical (unpaired) electrons. The number of hydrogen-bond donors (Lipinski definition) is 1. The molecule has 1 saturated heterocycles. The van der Waals surface area contributed by atoms with E-state index in [-0.39, 0.29) is 17.9 Å². The molecule has 4 rings (SSSR count). The predicted molar refractivity (Wildman–Crippen MR) is 122 cm³/mol. The largest absolute Gasteiger partial charge is 0.349 e. The Kier molecular flexibility index (Phi) is 6.07. The molecule has 1 aromatic heterocycles. The normalized spacial score (nSPS) is 14.9. The van der Waals surface area contributed by atoms with E-state index >= 15 is 0 Å². The summed E-state index contributed by atoms with van der Waals surface area (Å²) in [7, 11) is 0. The summed E-state index contributed by atoms with van der Waals surface area (Å²) in [6.07, 6.45) is 2.17. The summed E-state index contributed by atoms with van der Waals surface area (Å²) in [6, 6.07) is 15.9. The molecule has 1 aliphatic rings. The Morgan fingerprint density at radius 1 is 1.10 bits per heavy atom. The van der Waals surface area contributed by atoms with Crippen LogP contribution < -0.4 is 5.32 Å². The zero-order chi connectivity index (χ0) is 22.0. The number of aromatic nitrogens is 2. The van der Waals surface area contributed by atoms with Gasteiger partial charge in [0.15, 0.2) is 0 Å². The number of para-hydroxylation sites is 1. The van der Waals surface area contributed by atoms with Crippen molar-refractivity contribution < 1.29 is 9.59 Å². The molecular formula is C25H30N4O2. The smallest absolute Gasteiger partial charge is 0.251 e. The van der Waals surface area contributed by atoms with Crippen molar-refractivity contribution in [2.24, 2.45) is 5.92 Å². The Balaban J connectivity index is 1.43. The van der Waals surface area contributed by atoms with Crippen LogP contribution in [0, 0.1) is 12.8 Å². The average Bonchev–Trinajstić information content (AvgIpc) is 3.09. The van der Waals surface area contributed by atoms with Gasteiger partial charge < -0.3 is 10.2 Å². The average molecular weight is 419 g/mol. The molecule has 0 saturated carbocycles. The molecule has 0 bridgehead atoms. The number of rotatable bonds is 5. The highest BCUT2D eigenvalue weighted by Crippen LogP contribution is 2.22. The second-order valence-electron chi connectivity index (χ2n) is 8.76. The standard InChI is InChI=1S/C25H30N4O2/c1-17(2)15-24(30)28-13-11-20(12-14-28)27-25(31)19-9-10-23-22(16-19)26-18(3)29(23)21-7-5-4-6-8-21/h4-10,16-17,20H,11-15H2,1-3H3,(H,27,31). The molecule has 2 aromatic carbocycles.